The van der Waals surface area contributed by atoms with Crippen molar-refractivity contribution < 1.29 is 0 Å². The molecule has 0 fully saturated rings. The lowest BCUT2D eigenvalue weighted by molar-refractivity contribution is 1.43. The van der Waals surface area contributed by atoms with Crippen LogP contribution in [0.25, 0.3) is 10.1 Å². The zero-order chi connectivity index (χ0) is 9.42. The van der Waals surface area contributed by atoms with Crippen molar-refractivity contribution in [3.8, 4) is 6.07 Å². The van der Waals surface area contributed by atoms with Gasteiger partial charge in [-0.3, -0.25) is 0 Å². The van der Waals surface area contributed by atoms with Crippen LogP contribution < -0.4 is 0 Å². The maximum absolute atomic E-state index is 8.82. The average molecular weight is 226 g/mol. The Bertz CT molecular complexity index is 510. The largest absolute Gasteiger partial charge is 0.192 e. The molecule has 0 aliphatic carbocycles. The fraction of sp³-hybridized carbons (Fsp3) is 0. The lowest BCUT2D eigenvalue weighted by Gasteiger charge is -2.00. The van der Waals surface area contributed by atoms with Crippen LogP contribution in [0.5, 0.6) is 0 Å². The van der Waals surface area contributed by atoms with E-state index in [4.69, 9.17) is 16.9 Å². The molecule has 0 amide bonds. The van der Waals surface area contributed by atoms with Gasteiger partial charge in [0.25, 0.3) is 0 Å². The van der Waals surface area contributed by atoms with Crippen molar-refractivity contribution >= 4 is 45.7 Å². The summed E-state index contributed by atoms with van der Waals surface area (Å²) in [4.78, 5) is 0.672. The number of hydrogen-bond acceptors (Lipinski definition) is 3. The third-order valence-corrected chi connectivity index (χ3v) is 3.42. The topological polar surface area (TPSA) is 23.8 Å². The van der Waals surface area contributed by atoms with Gasteiger partial charge in [-0.05, 0) is 17.5 Å². The van der Waals surface area contributed by atoms with Crippen LogP contribution in [-0.2, 0) is 0 Å². The molecular weight excluding hydrogens is 222 g/mol. The third-order valence-electron chi connectivity index (χ3n) is 1.80. The predicted octanol–water partition coefficient (Wildman–Crippen LogP) is 3.72. The van der Waals surface area contributed by atoms with Crippen molar-refractivity contribution in [2.45, 2.75) is 4.90 Å². The lowest BCUT2D eigenvalue weighted by Crippen LogP contribution is -1.80. The maximum atomic E-state index is 8.82. The summed E-state index contributed by atoms with van der Waals surface area (Å²) in [5, 5.41) is 12.2. The van der Waals surface area contributed by atoms with E-state index >= 15 is 0 Å². The van der Waals surface area contributed by atoms with Crippen LogP contribution in [0.1, 0.15) is 5.56 Å². The predicted molar refractivity (Wildman–Crippen MR) is 58.8 cm³/mol. The SMILES string of the molecule is N#Cc1c(Cl)cc2sccc2c1S. The van der Waals surface area contributed by atoms with Gasteiger partial charge in [-0.15, -0.1) is 24.0 Å². The highest BCUT2D eigenvalue weighted by Gasteiger charge is 2.09. The molecule has 4 heteroatoms. The molecule has 0 aliphatic heterocycles. The summed E-state index contributed by atoms with van der Waals surface area (Å²) >= 11 is 11.8. The third kappa shape index (κ3) is 1.31. The Morgan fingerprint density at radius 1 is 1.54 bits per heavy atom. The molecule has 13 heavy (non-hydrogen) atoms. The Balaban J connectivity index is 2.95. The standard InChI is InChI=1S/C9H4ClNS2/c10-7-3-8-5(1-2-13-8)9(12)6(7)4-11/h1-3,12H. The summed E-state index contributed by atoms with van der Waals surface area (Å²) in [5.41, 5.74) is 0.455. The number of nitriles is 1. The molecule has 0 aliphatic rings. The van der Waals surface area contributed by atoms with Gasteiger partial charge in [-0.1, -0.05) is 11.6 Å². The quantitative estimate of drug-likeness (QED) is 0.679. The molecule has 1 nitrogen and oxygen atoms in total. The summed E-state index contributed by atoms with van der Waals surface area (Å²) in [6, 6.07) is 5.79. The normalized spacial score (nSPS) is 10.2. The highest BCUT2D eigenvalue weighted by atomic mass is 35.5. The van der Waals surface area contributed by atoms with Crippen molar-refractivity contribution in [2.24, 2.45) is 0 Å². The van der Waals surface area contributed by atoms with E-state index in [0.29, 0.717) is 15.5 Å². The van der Waals surface area contributed by atoms with Crippen molar-refractivity contribution in [3.05, 3.63) is 28.1 Å². The minimum atomic E-state index is 0.455. The smallest absolute Gasteiger partial charge is 0.102 e. The molecule has 0 unspecified atom stereocenters. The van der Waals surface area contributed by atoms with E-state index in [1.165, 1.54) is 0 Å². The molecule has 2 aromatic rings. The van der Waals surface area contributed by atoms with Crippen LogP contribution in [0.15, 0.2) is 22.4 Å². The van der Waals surface area contributed by atoms with Crippen LogP contribution in [0.3, 0.4) is 0 Å². The van der Waals surface area contributed by atoms with Crippen molar-refractivity contribution in [1.82, 2.24) is 0 Å². The van der Waals surface area contributed by atoms with Gasteiger partial charge < -0.3 is 0 Å². The van der Waals surface area contributed by atoms with E-state index in [-0.39, 0.29) is 0 Å². The van der Waals surface area contributed by atoms with E-state index in [1.54, 1.807) is 17.4 Å². The van der Waals surface area contributed by atoms with Gasteiger partial charge in [0.2, 0.25) is 0 Å². The Labute approximate surface area is 90.0 Å². The Morgan fingerprint density at radius 2 is 2.31 bits per heavy atom. The molecule has 1 aromatic carbocycles. The van der Waals surface area contributed by atoms with E-state index in [9.17, 15) is 0 Å². The second kappa shape index (κ2) is 3.22. The number of halogens is 1. The van der Waals surface area contributed by atoms with E-state index in [1.807, 2.05) is 17.5 Å². The molecule has 2 rings (SSSR count). The highest BCUT2D eigenvalue weighted by Crippen LogP contribution is 2.34. The summed E-state index contributed by atoms with van der Waals surface area (Å²) in [6.07, 6.45) is 0. The van der Waals surface area contributed by atoms with Crippen molar-refractivity contribution in [1.29, 1.82) is 5.26 Å². The van der Waals surface area contributed by atoms with Crippen LogP contribution in [0.4, 0.5) is 0 Å². The first kappa shape index (κ1) is 8.89. The Hall–Kier alpha value is -0.690. The van der Waals surface area contributed by atoms with Crippen LogP contribution in [-0.4, -0.2) is 0 Å². The van der Waals surface area contributed by atoms with Crippen LogP contribution in [0.2, 0.25) is 5.02 Å². The molecule has 0 spiro atoms. The van der Waals surface area contributed by atoms with Gasteiger partial charge in [0.15, 0.2) is 0 Å². The number of rotatable bonds is 0. The summed E-state index contributed by atoms with van der Waals surface area (Å²) in [7, 11) is 0. The Kier molecular flexibility index (Phi) is 2.20. The first-order valence-electron chi connectivity index (χ1n) is 3.53. The zero-order valence-electron chi connectivity index (χ0n) is 6.41. The van der Waals surface area contributed by atoms with Crippen molar-refractivity contribution in [3.63, 3.8) is 0 Å². The summed E-state index contributed by atoms with van der Waals surface area (Å²) < 4.78 is 1.06. The molecule has 0 radical (unpaired) electrons. The fourth-order valence-electron chi connectivity index (χ4n) is 1.17. The molecule has 64 valence electrons. The molecule has 0 bridgehead atoms. The molecule has 0 N–H and O–H groups in total. The van der Waals surface area contributed by atoms with E-state index in [2.05, 4.69) is 12.6 Å². The van der Waals surface area contributed by atoms with E-state index in [0.717, 1.165) is 10.1 Å². The van der Waals surface area contributed by atoms with Gasteiger partial charge in [0.1, 0.15) is 6.07 Å². The zero-order valence-corrected chi connectivity index (χ0v) is 8.88. The second-order valence-electron chi connectivity index (χ2n) is 2.53. The van der Waals surface area contributed by atoms with Gasteiger partial charge in [-0.25, -0.2) is 0 Å². The fourth-order valence-corrected chi connectivity index (χ4v) is 2.82. The number of thiophene rings is 1. The van der Waals surface area contributed by atoms with E-state index < -0.39 is 0 Å². The number of benzene rings is 1. The van der Waals surface area contributed by atoms with Crippen LogP contribution in [0, 0.1) is 11.3 Å². The highest BCUT2D eigenvalue weighted by molar-refractivity contribution is 7.80. The average Bonchev–Trinajstić information content (AvgIpc) is 2.53. The van der Waals surface area contributed by atoms with Gasteiger partial charge in [0, 0.05) is 15.0 Å². The minimum Gasteiger partial charge on any atom is -0.192 e. The molecule has 0 saturated carbocycles. The molecule has 1 heterocycles. The second-order valence-corrected chi connectivity index (χ2v) is 4.33. The first-order chi connectivity index (χ1) is 6.24. The lowest BCUT2D eigenvalue weighted by atomic mass is 10.2. The number of thiol groups is 1. The molecular formula is C9H4ClNS2. The number of nitrogens with zero attached hydrogens (tertiary/aromatic N) is 1. The van der Waals surface area contributed by atoms with Gasteiger partial charge in [-0.2, -0.15) is 5.26 Å². The minimum absolute atomic E-state index is 0.455. The molecule has 0 atom stereocenters. The van der Waals surface area contributed by atoms with Gasteiger partial charge >= 0.3 is 0 Å². The monoisotopic (exact) mass is 225 g/mol. The molecule has 0 saturated heterocycles. The summed E-state index contributed by atoms with van der Waals surface area (Å²) in [6.45, 7) is 0. The molecule has 1 aromatic heterocycles. The number of hydrogen-bond donors (Lipinski definition) is 1. The first-order valence-corrected chi connectivity index (χ1v) is 5.23. The van der Waals surface area contributed by atoms with Gasteiger partial charge in [0.05, 0.1) is 10.6 Å². The number of fused-ring (bicyclic) bond motifs is 1. The summed E-state index contributed by atoms with van der Waals surface area (Å²) in [5.74, 6) is 0. The van der Waals surface area contributed by atoms with Crippen molar-refractivity contribution in [2.75, 3.05) is 0 Å². The van der Waals surface area contributed by atoms with Crippen LogP contribution >= 0.6 is 35.6 Å². The Morgan fingerprint density at radius 3 is 3.00 bits per heavy atom. The maximum Gasteiger partial charge on any atom is 0.102 e.